The Labute approximate surface area is 191 Å². The third-order valence-electron chi connectivity index (χ3n) is 6.95. The van der Waals surface area contributed by atoms with Crippen LogP contribution in [-0.2, 0) is 6.42 Å². The molecule has 1 aromatic rings. The first-order chi connectivity index (χ1) is 14.2. The van der Waals surface area contributed by atoms with Gasteiger partial charge in [-0.25, -0.2) is 0 Å². The number of phenolic OH excluding ortho intramolecular Hbond substituents is 1. The van der Waals surface area contributed by atoms with Crippen LogP contribution in [0.1, 0.15) is 104 Å². The van der Waals surface area contributed by atoms with Crippen LogP contribution < -0.4 is 4.74 Å². The molecule has 0 spiro atoms. The maximum atomic E-state index is 10.2. The van der Waals surface area contributed by atoms with Crippen LogP contribution >= 0.6 is 0 Å². The maximum Gasteiger partial charge on any atom is 0.126 e. The van der Waals surface area contributed by atoms with Crippen LogP contribution in [0.3, 0.4) is 0 Å². The predicted molar refractivity (Wildman–Crippen MR) is 134 cm³/mol. The average Bonchev–Trinajstić information content (AvgIpc) is 2.64. The fraction of sp³-hybridized carbons (Fsp3) is 0.655. The van der Waals surface area contributed by atoms with E-state index in [1.54, 1.807) is 0 Å². The fourth-order valence-corrected chi connectivity index (χ4v) is 5.24. The zero-order valence-corrected chi connectivity index (χ0v) is 21.8. The van der Waals surface area contributed by atoms with Gasteiger partial charge in [0.05, 0.1) is 0 Å². The molecular formula is C29H46O2. The van der Waals surface area contributed by atoms with Gasteiger partial charge in [0.2, 0.25) is 0 Å². The van der Waals surface area contributed by atoms with Gasteiger partial charge >= 0.3 is 0 Å². The quantitative estimate of drug-likeness (QED) is 0.421. The zero-order chi connectivity index (χ0) is 23.6. The number of allylic oxidation sites excluding steroid dienone is 4. The molecule has 0 saturated heterocycles. The molecular weight excluding hydrogens is 380 g/mol. The van der Waals surface area contributed by atoms with Gasteiger partial charge in [0, 0.05) is 0 Å². The van der Waals surface area contributed by atoms with Crippen LogP contribution in [0.2, 0.25) is 0 Å². The van der Waals surface area contributed by atoms with Crippen molar-refractivity contribution in [3.05, 3.63) is 46.1 Å². The molecule has 1 unspecified atom stereocenters. The number of benzene rings is 1. The minimum Gasteiger partial charge on any atom is -0.508 e. The standard InChI is InChI=1S/C29H46O2/c1-11-20(2)17-28(8,9)18-21(3)12-14-27(6,7)19-29(10)15-13-24-16-25(30)22(4)23(5)26(24)31-29/h12,16-17,30H,11,13-15,18-19H2,1-10H3/b20-17+,21-12+. The topological polar surface area (TPSA) is 29.5 Å². The van der Waals surface area contributed by atoms with Crippen LogP contribution in [0.5, 0.6) is 11.5 Å². The molecule has 0 aromatic heterocycles. The lowest BCUT2D eigenvalue weighted by Crippen LogP contribution is -2.40. The van der Waals surface area contributed by atoms with Crippen molar-refractivity contribution < 1.29 is 9.84 Å². The maximum absolute atomic E-state index is 10.2. The van der Waals surface area contributed by atoms with Crippen LogP contribution in [0.15, 0.2) is 29.4 Å². The monoisotopic (exact) mass is 426 g/mol. The lowest BCUT2D eigenvalue weighted by atomic mass is 9.74. The van der Waals surface area contributed by atoms with E-state index in [0.29, 0.717) is 5.75 Å². The highest BCUT2D eigenvalue weighted by atomic mass is 16.5. The lowest BCUT2D eigenvalue weighted by Gasteiger charge is -2.41. The highest BCUT2D eigenvalue weighted by Crippen LogP contribution is 2.45. The van der Waals surface area contributed by atoms with Crippen molar-refractivity contribution in [3.63, 3.8) is 0 Å². The SMILES string of the molecule is CC/C(C)=C/C(C)(C)C/C(C)=C/CC(C)(C)CC1(C)CCc2cc(O)c(C)c(C)c2O1. The third kappa shape index (κ3) is 6.89. The molecule has 0 bridgehead atoms. The summed E-state index contributed by atoms with van der Waals surface area (Å²) in [5, 5.41) is 10.2. The molecule has 2 heteroatoms. The molecule has 1 aliphatic heterocycles. The summed E-state index contributed by atoms with van der Waals surface area (Å²) in [6.45, 7) is 22.4. The number of aromatic hydroxyl groups is 1. The molecule has 2 nitrogen and oxygen atoms in total. The molecule has 1 atom stereocenters. The summed E-state index contributed by atoms with van der Waals surface area (Å²) in [6, 6.07) is 1.89. The van der Waals surface area contributed by atoms with E-state index < -0.39 is 0 Å². The van der Waals surface area contributed by atoms with Crippen molar-refractivity contribution >= 4 is 0 Å². The zero-order valence-electron chi connectivity index (χ0n) is 21.8. The number of phenols is 1. The summed E-state index contributed by atoms with van der Waals surface area (Å²) in [6.07, 6.45) is 11.1. The Kier molecular flexibility index (Phi) is 7.77. The number of fused-ring (bicyclic) bond motifs is 1. The minimum atomic E-state index is -0.174. The summed E-state index contributed by atoms with van der Waals surface area (Å²) >= 11 is 0. The van der Waals surface area contributed by atoms with E-state index in [4.69, 9.17) is 4.74 Å². The van der Waals surface area contributed by atoms with Gasteiger partial charge in [-0.3, -0.25) is 0 Å². The van der Waals surface area contributed by atoms with Crippen LogP contribution in [0.25, 0.3) is 0 Å². The number of hydrogen-bond acceptors (Lipinski definition) is 2. The Hall–Kier alpha value is -1.70. The third-order valence-corrected chi connectivity index (χ3v) is 6.95. The highest BCUT2D eigenvalue weighted by Gasteiger charge is 2.38. The van der Waals surface area contributed by atoms with E-state index in [1.165, 1.54) is 11.1 Å². The summed E-state index contributed by atoms with van der Waals surface area (Å²) in [7, 11) is 0. The Bertz CT molecular complexity index is 854. The first-order valence-corrected chi connectivity index (χ1v) is 12.0. The van der Waals surface area contributed by atoms with E-state index in [1.807, 2.05) is 13.0 Å². The molecule has 1 N–H and O–H groups in total. The number of rotatable bonds is 8. The molecule has 1 heterocycles. The summed E-state index contributed by atoms with van der Waals surface area (Å²) < 4.78 is 6.63. The number of hydrogen-bond donors (Lipinski definition) is 1. The molecule has 31 heavy (non-hydrogen) atoms. The average molecular weight is 427 g/mol. The fourth-order valence-electron chi connectivity index (χ4n) is 5.24. The van der Waals surface area contributed by atoms with Gasteiger partial charge in [0.25, 0.3) is 0 Å². The largest absolute Gasteiger partial charge is 0.508 e. The molecule has 1 aromatic carbocycles. The summed E-state index contributed by atoms with van der Waals surface area (Å²) in [4.78, 5) is 0. The van der Waals surface area contributed by atoms with Gasteiger partial charge in [0.15, 0.2) is 0 Å². The molecule has 0 amide bonds. The van der Waals surface area contributed by atoms with Gasteiger partial charge in [-0.05, 0) is 107 Å². The smallest absolute Gasteiger partial charge is 0.126 e. The van der Waals surface area contributed by atoms with Crippen molar-refractivity contribution in [1.29, 1.82) is 0 Å². The van der Waals surface area contributed by atoms with Crippen LogP contribution in [0.4, 0.5) is 0 Å². The van der Waals surface area contributed by atoms with Crippen LogP contribution in [-0.4, -0.2) is 10.7 Å². The Balaban J connectivity index is 2.08. The highest BCUT2D eigenvalue weighted by molar-refractivity contribution is 5.53. The van der Waals surface area contributed by atoms with Crippen LogP contribution in [0, 0.1) is 24.7 Å². The Morgan fingerprint density at radius 3 is 2.39 bits per heavy atom. The van der Waals surface area contributed by atoms with Gasteiger partial charge in [-0.2, -0.15) is 0 Å². The minimum absolute atomic E-state index is 0.159. The van der Waals surface area contributed by atoms with E-state index in [2.05, 4.69) is 74.5 Å². The molecule has 0 aliphatic carbocycles. The van der Waals surface area contributed by atoms with Gasteiger partial charge in [-0.15, -0.1) is 0 Å². The number of ether oxygens (including phenoxy) is 1. The summed E-state index contributed by atoms with van der Waals surface area (Å²) in [5.41, 5.74) is 6.28. The Morgan fingerprint density at radius 2 is 1.77 bits per heavy atom. The van der Waals surface area contributed by atoms with Crippen molar-refractivity contribution in [2.75, 3.05) is 0 Å². The molecule has 0 radical (unpaired) electrons. The normalized spacial score (nSPS) is 20.5. The second kappa shape index (κ2) is 9.43. The second-order valence-electron chi connectivity index (χ2n) is 11.8. The van der Waals surface area contributed by atoms with Crippen molar-refractivity contribution in [3.8, 4) is 11.5 Å². The lowest BCUT2D eigenvalue weighted by molar-refractivity contribution is 0.0202. The van der Waals surface area contributed by atoms with E-state index in [-0.39, 0.29) is 16.4 Å². The van der Waals surface area contributed by atoms with Crippen molar-refractivity contribution in [2.24, 2.45) is 10.8 Å². The molecule has 2 rings (SSSR count). The Morgan fingerprint density at radius 1 is 1.13 bits per heavy atom. The van der Waals surface area contributed by atoms with E-state index in [0.717, 1.165) is 61.0 Å². The van der Waals surface area contributed by atoms with Gasteiger partial charge in [-0.1, -0.05) is 57.9 Å². The van der Waals surface area contributed by atoms with Crippen molar-refractivity contribution in [1.82, 2.24) is 0 Å². The van der Waals surface area contributed by atoms with Gasteiger partial charge in [0.1, 0.15) is 17.1 Å². The van der Waals surface area contributed by atoms with Crippen molar-refractivity contribution in [2.45, 2.75) is 113 Å². The first-order valence-electron chi connectivity index (χ1n) is 12.0. The second-order valence-corrected chi connectivity index (χ2v) is 11.8. The molecule has 1 aliphatic rings. The van der Waals surface area contributed by atoms with E-state index in [9.17, 15) is 5.11 Å². The molecule has 0 saturated carbocycles. The molecule has 0 fully saturated rings. The van der Waals surface area contributed by atoms with E-state index >= 15 is 0 Å². The first kappa shape index (κ1) is 25.6. The summed E-state index contributed by atoms with van der Waals surface area (Å²) in [5.74, 6) is 1.38. The number of aryl methyl sites for hydroxylation is 1. The molecule has 174 valence electrons. The predicted octanol–water partition coefficient (Wildman–Crippen LogP) is 8.62. The van der Waals surface area contributed by atoms with Gasteiger partial charge < -0.3 is 9.84 Å².